The lowest BCUT2D eigenvalue weighted by molar-refractivity contribution is 0.0939. The number of aryl methyl sites for hydroxylation is 1. The van der Waals surface area contributed by atoms with Gasteiger partial charge in [0.2, 0.25) is 0 Å². The van der Waals surface area contributed by atoms with Crippen LogP contribution in [0.5, 0.6) is 0 Å². The van der Waals surface area contributed by atoms with Gasteiger partial charge in [-0.3, -0.25) is 9.89 Å². The summed E-state index contributed by atoms with van der Waals surface area (Å²) in [7, 11) is 0. The molecule has 0 spiro atoms. The lowest BCUT2D eigenvalue weighted by atomic mass is 10.0. The minimum absolute atomic E-state index is 0.104. The zero-order valence-electron chi connectivity index (χ0n) is 17.5. The minimum atomic E-state index is -0.133. The van der Waals surface area contributed by atoms with Crippen LogP contribution in [0.2, 0.25) is 0 Å². The summed E-state index contributed by atoms with van der Waals surface area (Å²) in [5.74, 6) is -0.104. The summed E-state index contributed by atoms with van der Waals surface area (Å²) in [4.78, 5) is 15.4. The Hall–Kier alpha value is -3.42. The number of nitrogens with two attached hydrogens (primary N) is 1. The quantitative estimate of drug-likeness (QED) is 0.326. The van der Waals surface area contributed by atoms with Gasteiger partial charge < -0.3 is 16.4 Å². The molecule has 0 aliphatic heterocycles. The number of nitrogens with zero attached hydrogens (tertiary/aromatic N) is 1. The highest BCUT2D eigenvalue weighted by Gasteiger charge is 2.15. The van der Waals surface area contributed by atoms with Crippen LogP contribution in [0, 0.1) is 6.92 Å². The van der Waals surface area contributed by atoms with E-state index < -0.39 is 0 Å². The van der Waals surface area contributed by atoms with Gasteiger partial charge in [0.05, 0.1) is 17.9 Å². The summed E-state index contributed by atoms with van der Waals surface area (Å²) in [5, 5.41) is 13.1. The number of hydrogen-bond donors (Lipinski definition) is 4. The van der Waals surface area contributed by atoms with Crippen molar-refractivity contribution in [2.24, 2.45) is 5.73 Å². The maximum atomic E-state index is 13.0. The smallest absolute Gasteiger partial charge is 0.252 e. The topological polar surface area (TPSA) is 95.8 Å². The van der Waals surface area contributed by atoms with E-state index in [0.29, 0.717) is 12.1 Å². The fourth-order valence-electron chi connectivity index (χ4n) is 3.39. The van der Waals surface area contributed by atoms with Crippen molar-refractivity contribution >= 4 is 28.6 Å². The van der Waals surface area contributed by atoms with Gasteiger partial charge in [-0.1, -0.05) is 24.3 Å². The van der Waals surface area contributed by atoms with E-state index in [1.807, 2.05) is 44.2 Å². The second-order valence-electron chi connectivity index (χ2n) is 7.43. The first-order chi connectivity index (χ1) is 15.0. The molecule has 5 N–H and O–H groups in total. The molecule has 4 rings (SSSR count). The molecule has 0 radical (unpaired) electrons. The molecule has 0 aliphatic carbocycles. The van der Waals surface area contributed by atoms with Gasteiger partial charge in [0.15, 0.2) is 0 Å². The standard InChI is InChI=1S/C24H25N5OS/c1-15-6-7-19(29-20-13-26-27-14-20)11-22(15)24(30)28-16(2)17-4-3-5-18(10-17)23-9-8-21(12-25)31-23/h3-11,13-14,16,29H,12,25H2,1-2H3,(H,26,27)(H,28,30). The lowest BCUT2D eigenvalue weighted by Gasteiger charge is -2.17. The van der Waals surface area contributed by atoms with Gasteiger partial charge in [0.25, 0.3) is 5.91 Å². The number of H-pyrrole nitrogens is 1. The molecular weight excluding hydrogens is 406 g/mol. The van der Waals surface area contributed by atoms with E-state index in [0.717, 1.165) is 32.9 Å². The molecule has 1 amide bonds. The van der Waals surface area contributed by atoms with Crippen LogP contribution in [0.25, 0.3) is 10.4 Å². The van der Waals surface area contributed by atoms with E-state index in [9.17, 15) is 4.79 Å². The number of carbonyl (C=O) groups excluding carboxylic acids is 1. The van der Waals surface area contributed by atoms with Crippen LogP contribution in [-0.4, -0.2) is 16.1 Å². The lowest BCUT2D eigenvalue weighted by Crippen LogP contribution is -2.27. The van der Waals surface area contributed by atoms with Gasteiger partial charge in [0, 0.05) is 33.7 Å². The van der Waals surface area contributed by atoms with Crippen LogP contribution in [-0.2, 0) is 6.54 Å². The highest BCUT2D eigenvalue weighted by Crippen LogP contribution is 2.30. The Labute approximate surface area is 185 Å². The van der Waals surface area contributed by atoms with E-state index in [2.05, 4.69) is 45.1 Å². The monoisotopic (exact) mass is 431 g/mol. The normalized spacial score (nSPS) is 11.8. The number of hydrogen-bond acceptors (Lipinski definition) is 5. The first-order valence-corrected chi connectivity index (χ1v) is 10.9. The van der Waals surface area contributed by atoms with E-state index in [1.165, 1.54) is 4.88 Å². The zero-order valence-corrected chi connectivity index (χ0v) is 18.3. The molecule has 2 heterocycles. The number of nitrogens with one attached hydrogen (secondary N) is 3. The van der Waals surface area contributed by atoms with Gasteiger partial charge in [-0.05, 0) is 60.9 Å². The molecule has 6 nitrogen and oxygen atoms in total. The van der Waals surface area contributed by atoms with Crippen molar-refractivity contribution in [2.45, 2.75) is 26.4 Å². The number of rotatable bonds is 7. The Bertz CT molecular complexity index is 1180. The van der Waals surface area contributed by atoms with Crippen LogP contribution >= 0.6 is 11.3 Å². The van der Waals surface area contributed by atoms with Crippen molar-refractivity contribution in [3.05, 3.63) is 88.6 Å². The highest BCUT2D eigenvalue weighted by atomic mass is 32.1. The Balaban J connectivity index is 1.50. The van der Waals surface area contributed by atoms with Crippen molar-refractivity contribution in [2.75, 3.05) is 5.32 Å². The van der Waals surface area contributed by atoms with Crippen molar-refractivity contribution < 1.29 is 4.79 Å². The number of aromatic nitrogens is 2. The van der Waals surface area contributed by atoms with Gasteiger partial charge >= 0.3 is 0 Å². The highest BCUT2D eigenvalue weighted by molar-refractivity contribution is 7.15. The summed E-state index contributed by atoms with van der Waals surface area (Å²) in [5.41, 5.74) is 11.2. The molecule has 0 fully saturated rings. The van der Waals surface area contributed by atoms with Crippen molar-refractivity contribution in [3.63, 3.8) is 0 Å². The average Bonchev–Trinajstić information content (AvgIpc) is 3.47. The van der Waals surface area contributed by atoms with Gasteiger partial charge in [-0.25, -0.2) is 0 Å². The molecule has 2 aromatic heterocycles. The summed E-state index contributed by atoms with van der Waals surface area (Å²) in [6.07, 6.45) is 3.46. The zero-order chi connectivity index (χ0) is 21.8. The van der Waals surface area contributed by atoms with Gasteiger partial charge in [0.1, 0.15) is 0 Å². The third-order valence-electron chi connectivity index (χ3n) is 5.15. The van der Waals surface area contributed by atoms with Crippen molar-refractivity contribution in [1.29, 1.82) is 0 Å². The molecule has 0 bridgehead atoms. The van der Waals surface area contributed by atoms with Crippen LogP contribution in [0.4, 0.5) is 11.4 Å². The molecule has 158 valence electrons. The summed E-state index contributed by atoms with van der Waals surface area (Å²) < 4.78 is 0. The van der Waals surface area contributed by atoms with Crippen LogP contribution in [0.3, 0.4) is 0 Å². The SMILES string of the molecule is Cc1ccc(Nc2cn[nH]c2)cc1C(=O)NC(C)c1cccc(-c2ccc(CN)s2)c1. The largest absolute Gasteiger partial charge is 0.353 e. The second kappa shape index (κ2) is 9.16. The Morgan fingerprint density at radius 2 is 2.03 bits per heavy atom. The van der Waals surface area contributed by atoms with E-state index in [-0.39, 0.29) is 11.9 Å². The molecule has 0 saturated carbocycles. The van der Waals surface area contributed by atoms with Crippen molar-refractivity contribution in [3.8, 4) is 10.4 Å². The third-order valence-corrected chi connectivity index (χ3v) is 6.31. The molecular formula is C24H25N5OS. The summed E-state index contributed by atoms with van der Waals surface area (Å²) >= 11 is 1.70. The van der Waals surface area contributed by atoms with Crippen LogP contribution in [0.15, 0.2) is 67.0 Å². The number of carbonyl (C=O) groups is 1. The first kappa shape index (κ1) is 20.8. The summed E-state index contributed by atoms with van der Waals surface area (Å²) in [6.45, 7) is 4.48. The van der Waals surface area contributed by atoms with E-state index in [1.54, 1.807) is 23.7 Å². The molecule has 31 heavy (non-hydrogen) atoms. The maximum absolute atomic E-state index is 13.0. The maximum Gasteiger partial charge on any atom is 0.252 e. The minimum Gasteiger partial charge on any atom is -0.353 e. The number of amides is 1. The molecule has 1 atom stereocenters. The van der Waals surface area contributed by atoms with Crippen LogP contribution in [0.1, 0.15) is 39.3 Å². The second-order valence-corrected chi connectivity index (χ2v) is 8.60. The Morgan fingerprint density at radius 3 is 2.77 bits per heavy atom. The Kier molecular flexibility index (Phi) is 6.16. The third kappa shape index (κ3) is 4.84. The van der Waals surface area contributed by atoms with Gasteiger partial charge in [-0.15, -0.1) is 11.3 Å². The fraction of sp³-hybridized carbons (Fsp3) is 0.167. The Morgan fingerprint density at radius 1 is 1.16 bits per heavy atom. The van der Waals surface area contributed by atoms with Crippen LogP contribution < -0.4 is 16.4 Å². The van der Waals surface area contributed by atoms with Gasteiger partial charge in [-0.2, -0.15) is 5.10 Å². The molecule has 2 aromatic carbocycles. The molecule has 0 aliphatic rings. The predicted molar refractivity (Wildman–Crippen MR) is 127 cm³/mol. The number of aromatic amines is 1. The van der Waals surface area contributed by atoms with E-state index in [4.69, 9.17) is 5.73 Å². The predicted octanol–water partition coefficient (Wildman–Crippen LogP) is 5.14. The number of thiophene rings is 1. The molecule has 7 heteroatoms. The van der Waals surface area contributed by atoms with Crippen molar-refractivity contribution in [1.82, 2.24) is 15.5 Å². The van der Waals surface area contributed by atoms with E-state index >= 15 is 0 Å². The molecule has 0 saturated heterocycles. The molecule has 4 aromatic rings. The molecule has 1 unspecified atom stereocenters. The first-order valence-electron chi connectivity index (χ1n) is 10.1. The number of anilines is 2. The fourth-order valence-corrected chi connectivity index (χ4v) is 4.27. The summed E-state index contributed by atoms with van der Waals surface area (Å²) in [6, 6.07) is 18.0. The number of benzene rings is 2. The average molecular weight is 432 g/mol.